The average Bonchev–Trinajstić information content (AvgIpc) is 2.11. The Hall–Kier alpha value is -1.34. The van der Waals surface area contributed by atoms with Crippen molar-refractivity contribution in [3.8, 4) is 0 Å². The Morgan fingerprint density at radius 3 is 2.73 bits per heavy atom. The number of nitrogen functional groups attached to an aromatic ring is 1. The van der Waals surface area contributed by atoms with Crippen LogP contribution in [0.15, 0.2) is 18.2 Å². The summed E-state index contributed by atoms with van der Waals surface area (Å²) in [6.07, 6.45) is 1.12. The third kappa shape index (κ3) is 5.18. The van der Waals surface area contributed by atoms with Crippen LogP contribution in [0.4, 0.5) is 11.6 Å². The Bertz CT molecular complexity index is 418. The molecule has 0 fully saturated rings. The minimum absolute atomic E-state index is 0.315. The molecule has 15 heavy (non-hydrogen) atoms. The summed E-state index contributed by atoms with van der Waals surface area (Å²) in [6, 6.07) is 5.21. The van der Waals surface area contributed by atoms with Crippen LogP contribution in [0.1, 0.15) is 0 Å². The molecule has 84 valence electrons. The number of anilines is 2. The van der Waals surface area contributed by atoms with Crippen LogP contribution in [-0.4, -0.2) is 32.7 Å². The van der Waals surface area contributed by atoms with Gasteiger partial charge in [0, 0.05) is 13.1 Å². The van der Waals surface area contributed by atoms with E-state index in [0.29, 0.717) is 24.7 Å². The van der Waals surface area contributed by atoms with Gasteiger partial charge in [0.1, 0.15) is 11.6 Å². The van der Waals surface area contributed by atoms with Gasteiger partial charge in [-0.2, -0.15) is 0 Å². The Labute approximate surface area is 88.9 Å². The lowest BCUT2D eigenvalue weighted by Crippen LogP contribution is -2.27. The van der Waals surface area contributed by atoms with E-state index in [-0.39, 0.29) is 0 Å². The zero-order valence-electron chi connectivity index (χ0n) is 8.40. The van der Waals surface area contributed by atoms with E-state index < -0.39 is 10.0 Å². The summed E-state index contributed by atoms with van der Waals surface area (Å²) in [7, 11) is -3.12. The van der Waals surface area contributed by atoms with Gasteiger partial charge in [-0.1, -0.05) is 6.07 Å². The maximum atomic E-state index is 10.7. The first-order valence-electron chi connectivity index (χ1n) is 4.38. The van der Waals surface area contributed by atoms with Crippen LogP contribution in [0.2, 0.25) is 0 Å². The zero-order valence-corrected chi connectivity index (χ0v) is 9.21. The predicted octanol–water partition coefficient (Wildman–Crippen LogP) is -0.375. The molecule has 0 bridgehead atoms. The van der Waals surface area contributed by atoms with Gasteiger partial charge < -0.3 is 11.1 Å². The summed E-state index contributed by atoms with van der Waals surface area (Å²) in [6.45, 7) is 0.777. The molecular weight excluding hydrogens is 216 g/mol. The molecule has 1 aromatic rings. The van der Waals surface area contributed by atoms with E-state index in [0.717, 1.165) is 6.26 Å². The molecule has 0 aromatic carbocycles. The van der Waals surface area contributed by atoms with Crippen LogP contribution < -0.4 is 15.8 Å². The van der Waals surface area contributed by atoms with Crippen molar-refractivity contribution in [2.24, 2.45) is 0 Å². The van der Waals surface area contributed by atoms with Crippen molar-refractivity contribution < 1.29 is 8.42 Å². The minimum atomic E-state index is -3.12. The first-order valence-corrected chi connectivity index (χ1v) is 6.27. The largest absolute Gasteiger partial charge is 0.384 e. The summed E-state index contributed by atoms with van der Waals surface area (Å²) in [5.41, 5.74) is 5.47. The molecule has 0 saturated carbocycles. The molecule has 6 nitrogen and oxygen atoms in total. The summed E-state index contributed by atoms with van der Waals surface area (Å²) in [4.78, 5) is 4.00. The number of pyridine rings is 1. The quantitative estimate of drug-likeness (QED) is 0.599. The Morgan fingerprint density at radius 1 is 1.40 bits per heavy atom. The van der Waals surface area contributed by atoms with E-state index in [1.54, 1.807) is 18.2 Å². The van der Waals surface area contributed by atoms with Gasteiger partial charge in [0.05, 0.1) is 6.26 Å². The molecule has 0 radical (unpaired) electrons. The van der Waals surface area contributed by atoms with Gasteiger partial charge in [-0.15, -0.1) is 0 Å². The van der Waals surface area contributed by atoms with Gasteiger partial charge in [0.2, 0.25) is 10.0 Å². The lowest BCUT2D eigenvalue weighted by Gasteiger charge is -2.05. The summed E-state index contributed by atoms with van der Waals surface area (Å²) < 4.78 is 23.8. The molecule has 0 aliphatic rings. The molecule has 7 heteroatoms. The Morgan fingerprint density at radius 2 is 2.13 bits per heavy atom. The number of rotatable bonds is 5. The number of nitrogens with two attached hydrogens (primary N) is 1. The molecule has 0 amide bonds. The Kier molecular flexibility index (Phi) is 3.87. The second kappa shape index (κ2) is 4.94. The van der Waals surface area contributed by atoms with E-state index in [9.17, 15) is 8.42 Å². The van der Waals surface area contributed by atoms with E-state index >= 15 is 0 Å². The van der Waals surface area contributed by atoms with E-state index in [2.05, 4.69) is 15.0 Å². The van der Waals surface area contributed by atoms with Crippen molar-refractivity contribution in [2.75, 3.05) is 30.4 Å². The van der Waals surface area contributed by atoms with Crippen molar-refractivity contribution in [3.63, 3.8) is 0 Å². The molecule has 0 aliphatic carbocycles. The van der Waals surface area contributed by atoms with Gasteiger partial charge in [-0.3, -0.25) is 0 Å². The average molecular weight is 230 g/mol. The van der Waals surface area contributed by atoms with Crippen molar-refractivity contribution in [3.05, 3.63) is 18.2 Å². The molecule has 1 aromatic heterocycles. The van der Waals surface area contributed by atoms with E-state index in [1.807, 2.05) is 0 Å². The van der Waals surface area contributed by atoms with Crippen LogP contribution in [0.5, 0.6) is 0 Å². The highest BCUT2D eigenvalue weighted by Gasteiger charge is 1.99. The lowest BCUT2D eigenvalue weighted by molar-refractivity contribution is 0.589. The van der Waals surface area contributed by atoms with E-state index in [4.69, 9.17) is 5.73 Å². The van der Waals surface area contributed by atoms with Crippen LogP contribution >= 0.6 is 0 Å². The number of hydrogen-bond acceptors (Lipinski definition) is 5. The first kappa shape index (κ1) is 11.7. The second-order valence-electron chi connectivity index (χ2n) is 3.04. The SMILES string of the molecule is CS(=O)(=O)NCCNc1cccc(N)n1. The highest BCUT2D eigenvalue weighted by atomic mass is 32.2. The highest BCUT2D eigenvalue weighted by Crippen LogP contribution is 2.04. The molecular formula is C8H14N4O2S. The van der Waals surface area contributed by atoms with Crippen LogP contribution in [-0.2, 0) is 10.0 Å². The number of hydrogen-bond donors (Lipinski definition) is 3. The molecule has 0 atom stereocenters. The fourth-order valence-corrected chi connectivity index (χ4v) is 1.45. The van der Waals surface area contributed by atoms with E-state index in [1.165, 1.54) is 0 Å². The molecule has 0 aliphatic heterocycles. The molecule has 0 unspecified atom stereocenters. The Balaban J connectivity index is 2.32. The maximum Gasteiger partial charge on any atom is 0.208 e. The fourth-order valence-electron chi connectivity index (χ4n) is 0.977. The number of sulfonamides is 1. The predicted molar refractivity (Wildman–Crippen MR) is 60.0 cm³/mol. The number of nitrogens with one attached hydrogen (secondary N) is 2. The van der Waals surface area contributed by atoms with Crippen molar-refractivity contribution in [1.82, 2.24) is 9.71 Å². The second-order valence-corrected chi connectivity index (χ2v) is 4.87. The summed E-state index contributed by atoms with van der Waals surface area (Å²) in [5, 5.41) is 2.94. The van der Waals surface area contributed by atoms with Crippen molar-refractivity contribution in [1.29, 1.82) is 0 Å². The third-order valence-corrected chi connectivity index (χ3v) is 2.29. The van der Waals surface area contributed by atoms with Crippen molar-refractivity contribution in [2.45, 2.75) is 0 Å². The minimum Gasteiger partial charge on any atom is -0.384 e. The maximum absolute atomic E-state index is 10.7. The summed E-state index contributed by atoms with van der Waals surface area (Å²) in [5.74, 6) is 1.06. The monoisotopic (exact) mass is 230 g/mol. The van der Waals surface area contributed by atoms with Gasteiger partial charge in [0.15, 0.2) is 0 Å². The first-order chi connectivity index (χ1) is 6.97. The molecule has 1 rings (SSSR count). The van der Waals surface area contributed by atoms with Crippen LogP contribution in [0.25, 0.3) is 0 Å². The van der Waals surface area contributed by atoms with Gasteiger partial charge >= 0.3 is 0 Å². The van der Waals surface area contributed by atoms with Gasteiger partial charge in [-0.25, -0.2) is 18.1 Å². The third-order valence-electron chi connectivity index (χ3n) is 1.57. The van der Waals surface area contributed by atoms with Crippen molar-refractivity contribution >= 4 is 21.7 Å². The smallest absolute Gasteiger partial charge is 0.208 e. The topological polar surface area (TPSA) is 97.1 Å². The number of nitrogens with zero attached hydrogens (tertiary/aromatic N) is 1. The molecule has 0 spiro atoms. The standard InChI is InChI=1S/C8H14N4O2S/c1-15(13,14)11-6-5-10-8-4-2-3-7(9)12-8/h2-4,11H,5-6H2,1H3,(H3,9,10,12). The van der Waals surface area contributed by atoms with Gasteiger partial charge in [-0.05, 0) is 12.1 Å². The molecule has 0 saturated heterocycles. The molecule has 4 N–H and O–H groups in total. The number of aromatic nitrogens is 1. The fraction of sp³-hybridized carbons (Fsp3) is 0.375. The van der Waals surface area contributed by atoms with Crippen LogP contribution in [0.3, 0.4) is 0 Å². The summed E-state index contributed by atoms with van der Waals surface area (Å²) >= 11 is 0. The normalized spacial score (nSPS) is 11.3. The van der Waals surface area contributed by atoms with Crippen LogP contribution in [0, 0.1) is 0 Å². The lowest BCUT2D eigenvalue weighted by atomic mass is 10.4. The highest BCUT2D eigenvalue weighted by molar-refractivity contribution is 7.88. The van der Waals surface area contributed by atoms with Gasteiger partial charge in [0.25, 0.3) is 0 Å². The zero-order chi connectivity index (χ0) is 11.3. The molecule has 1 heterocycles.